The quantitative estimate of drug-likeness (QED) is 0.587. The van der Waals surface area contributed by atoms with Crippen LogP contribution in [-0.2, 0) is 10.2 Å². The Balaban J connectivity index is 1.50. The molecule has 0 aromatic heterocycles. The molecule has 3 aromatic carbocycles. The number of rotatable bonds is 6. The molecule has 1 aliphatic rings. The van der Waals surface area contributed by atoms with Crippen molar-refractivity contribution in [1.29, 1.82) is 0 Å². The average Bonchev–Trinajstić information content (AvgIpc) is 3.51. The van der Waals surface area contributed by atoms with Crippen molar-refractivity contribution in [3.8, 4) is 0 Å². The van der Waals surface area contributed by atoms with Gasteiger partial charge in [-0.25, -0.2) is 0 Å². The van der Waals surface area contributed by atoms with Crippen LogP contribution in [0.3, 0.4) is 0 Å². The van der Waals surface area contributed by atoms with E-state index in [0.717, 1.165) is 23.1 Å². The Morgan fingerprint density at radius 2 is 1.39 bits per heavy atom. The van der Waals surface area contributed by atoms with Crippen molar-refractivity contribution < 1.29 is 4.79 Å². The molecule has 0 saturated heterocycles. The van der Waals surface area contributed by atoms with Gasteiger partial charge in [0, 0.05) is 10.4 Å². The van der Waals surface area contributed by atoms with Gasteiger partial charge >= 0.3 is 0 Å². The molecular weight excluding hydrogens is 368 g/mol. The highest BCUT2D eigenvalue weighted by Gasteiger charge is 2.60. The molecule has 0 radical (unpaired) electrons. The van der Waals surface area contributed by atoms with Crippen molar-refractivity contribution in [2.45, 2.75) is 11.8 Å². The molecule has 4 heteroatoms. The maximum Gasteiger partial charge on any atom is 0.242 e. The van der Waals surface area contributed by atoms with Gasteiger partial charge in [-0.05, 0) is 35.2 Å². The summed E-state index contributed by atoms with van der Waals surface area (Å²) < 4.78 is 0. The molecular formula is C24H21ClN2O. The lowest BCUT2D eigenvalue weighted by Gasteiger charge is -2.19. The maximum absolute atomic E-state index is 12.9. The molecule has 0 bridgehead atoms. The lowest BCUT2D eigenvalue weighted by atomic mass is 9.85. The van der Waals surface area contributed by atoms with E-state index in [2.05, 4.69) is 41.7 Å². The lowest BCUT2D eigenvalue weighted by Crippen LogP contribution is -2.38. The van der Waals surface area contributed by atoms with Gasteiger partial charge in [-0.3, -0.25) is 15.6 Å². The second kappa shape index (κ2) is 7.53. The summed E-state index contributed by atoms with van der Waals surface area (Å²) in [7, 11) is 0. The van der Waals surface area contributed by atoms with Gasteiger partial charge in [0.05, 0.1) is 11.6 Å². The van der Waals surface area contributed by atoms with E-state index in [9.17, 15) is 4.79 Å². The van der Waals surface area contributed by atoms with E-state index in [1.807, 2.05) is 48.5 Å². The van der Waals surface area contributed by atoms with Gasteiger partial charge in [0.2, 0.25) is 5.91 Å². The monoisotopic (exact) mass is 388 g/mol. The number of benzene rings is 3. The van der Waals surface area contributed by atoms with E-state index >= 15 is 0 Å². The van der Waals surface area contributed by atoms with Crippen molar-refractivity contribution in [3.05, 3.63) is 113 Å². The fourth-order valence-electron chi connectivity index (χ4n) is 3.80. The third kappa shape index (κ3) is 3.41. The molecule has 2 N–H and O–H groups in total. The van der Waals surface area contributed by atoms with Crippen LogP contribution in [0.25, 0.3) is 5.70 Å². The number of hydrazine groups is 1. The second-order valence-electron chi connectivity index (χ2n) is 7.06. The number of nitrogens with one attached hydrogen (secondary N) is 2. The number of carbonyl (C=O) groups excluding carboxylic acids is 1. The predicted molar refractivity (Wildman–Crippen MR) is 114 cm³/mol. The lowest BCUT2D eigenvalue weighted by molar-refractivity contribution is -0.123. The minimum absolute atomic E-state index is 0.0391. The van der Waals surface area contributed by atoms with Crippen LogP contribution in [0.5, 0.6) is 0 Å². The van der Waals surface area contributed by atoms with E-state index < -0.39 is 0 Å². The molecule has 140 valence electrons. The molecule has 1 atom stereocenters. The molecule has 3 aromatic rings. The number of hydrogen-bond donors (Lipinski definition) is 2. The third-order valence-corrected chi connectivity index (χ3v) is 5.64. The fourth-order valence-corrected chi connectivity index (χ4v) is 3.93. The minimum atomic E-state index is -0.282. The highest BCUT2D eigenvalue weighted by Crippen LogP contribution is 2.58. The Bertz CT molecular complexity index is 945. The predicted octanol–water partition coefficient (Wildman–Crippen LogP) is 4.94. The van der Waals surface area contributed by atoms with Crippen LogP contribution < -0.4 is 10.9 Å². The van der Waals surface area contributed by atoms with Crippen molar-refractivity contribution >= 4 is 23.2 Å². The van der Waals surface area contributed by atoms with Gasteiger partial charge in [-0.1, -0.05) is 91.0 Å². The van der Waals surface area contributed by atoms with Gasteiger partial charge in [-0.15, -0.1) is 0 Å². The smallest absolute Gasteiger partial charge is 0.242 e. The molecule has 0 heterocycles. The molecule has 1 aliphatic carbocycles. The summed E-state index contributed by atoms with van der Waals surface area (Å²) in [6.07, 6.45) is 0.780. The van der Waals surface area contributed by atoms with Gasteiger partial charge < -0.3 is 0 Å². The molecule has 3 nitrogen and oxygen atoms in total. The topological polar surface area (TPSA) is 41.1 Å². The third-order valence-electron chi connectivity index (χ3n) is 5.38. The van der Waals surface area contributed by atoms with E-state index in [1.54, 1.807) is 12.1 Å². The van der Waals surface area contributed by atoms with E-state index in [0.29, 0.717) is 10.7 Å². The Hall–Kier alpha value is -3.04. The SMILES string of the molecule is C=C(NNC(=O)[C@H]1CC1(c1ccccc1)c1ccccc1)c1ccc(Cl)cc1. The summed E-state index contributed by atoms with van der Waals surface area (Å²) in [5.74, 6) is -0.175. The summed E-state index contributed by atoms with van der Waals surface area (Å²) >= 11 is 5.92. The van der Waals surface area contributed by atoms with Gasteiger partial charge in [0.1, 0.15) is 0 Å². The molecule has 1 saturated carbocycles. The standard InChI is InChI=1S/C24H21ClN2O/c1-17(18-12-14-21(25)15-13-18)26-27-23(28)22-16-24(22,19-8-4-2-5-9-19)20-10-6-3-7-11-20/h2-15,22,26H,1,16H2,(H,27,28)/t22-/m1/s1. The zero-order valence-electron chi connectivity index (χ0n) is 15.4. The number of amides is 1. The Morgan fingerprint density at radius 3 is 1.93 bits per heavy atom. The van der Waals surface area contributed by atoms with Crippen LogP contribution in [0.4, 0.5) is 0 Å². The van der Waals surface area contributed by atoms with Crippen molar-refractivity contribution in [3.63, 3.8) is 0 Å². The summed E-state index contributed by atoms with van der Waals surface area (Å²) in [5.41, 5.74) is 9.31. The molecule has 0 aliphatic heterocycles. The highest BCUT2D eigenvalue weighted by molar-refractivity contribution is 6.30. The first-order valence-corrected chi connectivity index (χ1v) is 9.61. The first-order chi connectivity index (χ1) is 13.6. The number of carbonyl (C=O) groups is 1. The van der Waals surface area contributed by atoms with Gasteiger partial charge in [0.15, 0.2) is 0 Å². The van der Waals surface area contributed by atoms with Crippen LogP contribution in [0.15, 0.2) is 91.5 Å². The molecule has 1 fully saturated rings. The normalized spacial score (nSPS) is 16.8. The number of hydrogen-bond acceptors (Lipinski definition) is 2. The molecule has 4 rings (SSSR count). The highest BCUT2D eigenvalue weighted by atomic mass is 35.5. The van der Waals surface area contributed by atoms with Crippen LogP contribution in [-0.4, -0.2) is 5.91 Å². The summed E-state index contributed by atoms with van der Waals surface area (Å²) in [4.78, 5) is 12.9. The zero-order chi connectivity index (χ0) is 19.6. The van der Waals surface area contributed by atoms with E-state index in [1.165, 1.54) is 0 Å². The number of halogens is 1. The van der Waals surface area contributed by atoms with E-state index in [-0.39, 0.29) is 17.2 Å². The van der Waals surface area contributed by atoms with Crippen LogP contribution in [0.2, 0.25) is 5.02 Å². The second-order valence-corrected chi connectivity index (χ2v) is 7.50. The molecule has 0 spiro atoms. The zero-order valence-corrected chi connectivity index (χ0v) is 16.1. The maximum atomic E-state index is 12.9. The van der Waals surface area contributed by atoms with Crippen LogP contribution in [0, 0.1) is 5.92 Å². The minimum Gasteiger partial charge on any atom is -0.299 e. The molecule has 28 heavy (non-hydrogen) atoms. The summed E-state index contributed by atoms with van der Waals surface area (Å²) in [5, 5.41) is 0.661. The van der Waals surface area contributed by atoms with Crippen molar-refractivity contribution in [2.24, 2.45) is 5.92 Å². The van der Waals surface area contributed by atoms with Crippen molar-refractivity contribution in [2.75, 3.05) is 0 Å². The summed E-state index contributed by atoms with van der Waals surface area (Å²) in [6.45, 7) is 3.99. The Kier molecular flexibility index (Phi) is 4.93. The molecule has 0 unspecified atom stereocenters. The largest absolute Gasteiger partial charge is 0.299 e. The first kappa shape index (κ1) is 18.3. The first-order valence-electron chi connectivity index (χ1n) is 9.23. The van der Waals surface area contributed by atoms with Gasteiger partial charge in [0.25, 0.3) is 0 Å². The average molecular weight is 389 g/mol. The van der Waals surface area contributed by atoms with Crippen molar-refractivity contribution in [1.82, 2.24) is 10.9 Å². The Labute approximate surface area is 170 Å². The molecule has 1 amide bonds. The fraction of sp³-hybridized carbons (Fsp3) is 0.125. The Morgan fingerprint density at radius 1 is 0.857 bits per heavy atom. The van der Waals surface area contributed by atoms with E-state index in [4.69, 9.17) is 11.6 Å². The van der Waals surface area contributed by atoms with Crippen LogP contribution >= 0.6 is 11.6 Å². The van der Waals surface area contributed by atoms with Crippen LogP contribution in [0.1, 0.15) is 23.1 Å². The summed E-state index contributed by atoms with van der Waals surface area (Å²) in [6, 6.07) is 27.8. The van der Waals surface area contributed by atoms with Gasteiger partial charge in [-0.2, -0.15) is 0 Å².